The quantitative estimate of drug-likeness (QED) is 0.173. The van der Waals surface area contributed by atoms with Crippen LogP contribution in [-0.4, -0.2) is 75.4 Å². The van der Waals surface area contributed by atoms with Crippen molar-refractivity contribution in [1.29, 1.82) is 0 Å². The molecule has 3 aliphatic heterocycles. The van der Waals surface area contributed by atoms with Crippen molar-refractivity contribution in [1.82, 2.24) is 47.7 Å². The third-order valence-electron chi connectivity index (χ3n) is 14.7. The van der Waals surface area contributed by atoms with Crippen LogP contribution in [0.1, 0.15) is 91.2 Å². The van der Waals surface area contributed by atoms with Gasteiger partial charge >= 0.3 is 11.4 Å². The summed E-state index contributed by atoms with van der Waals surface area (Å²) in [7, 11) is -2.71. The number of sulfonamides is 1. The highest BCUT2D eigenvalue weighted by molar-refractivity contribution is 7.89. The Morgan fingerprint density at radius 3 is 2.38 bits per heavy atom. The van der Waals surface area contributed by atoms with E-state index in [1.165, 1.54) is 33.8 Å². The van der Waals surface area contributed by atoms with Crippen LogP contribution in [0.15, 0.2) is 86.3 Å². The highest BCUT2D eigenvalue weighted by Crippen LogP contribution is 2.57. The standard InChI is InChI=1S/C47H46F2N10O6S/c1-25-18-32(19-26(2)41(25)48)58-43(56-15-14-55(46(56)61)38-11-10-36-33(42(38)49)24-50-54(36)4)40-34(52-58)22-31-6-5-7-37(40)59(31)66(62,63)39-21-30-20-29(28-12-16-64-17-13-28)8-9-35(30)57(39)47(23-27(47)3)44-51-45(60)65-53-44/h8-11,14-15,18-21,24,27-28,31,37H,5-7,12-13,16-17,22-23H2,1-4H3,(H,51,53,60)/t27-,31+,37-,47-/m0/s1. The van der Waals surface area contributed by atoms with Crippen LogP contribution in [0.25, 0.3) is 39.0 Å². The molecule has 0 radical (unpaired) electrons. The lowest BCUT2D eigenvalue weighted by Gasteiger charge is -2.44. The molecule has 0 spiro atoms. The lowest BCUT2D eigenvalue weighted by molar-refractivity contribution is 0.0853. The van der Waals surface area contributed by atoms with E-state index >= 15 is 17.2 Å². The number of benzene rings is 3. The minimum Gasteiger partial charge on any atom is -0.381 e. The molecule has 4 atom stereocenters. The zero-order valence-corrected chi connectivity index (χ0v) is 37.5. The van der Waals surface area contributed by atoms with Crippen molar-refractivity contribution < 1.29 is 26.5 Å². The Hall–Kier alpha value is -6.44. The molecule has 19 heteroatoms. The summed E-state index contributed by atoms with van der Waals surface area (Å²) in [6.45, 7) is 6.61. The number of nitrogens with one attached hydrogen (secondary N) is 1. The minimum atomic E-state index is -4.42. The maximum atomic E-state index is 16.2. The molecule has 5 aromatic heterocycles. The summed E-state index contributed by atoms with van der Waals surface area (Å²) in [6, 6.07) is 13.1. The van der Waals surface area contributed by atoms with Gasteiger partial charge in [-0.25, -0.2) is 31.5 Å². The molecule has 340 valence electrons. The Morgan fingerprint density at radius 1 is 0.909 bits per heavy atom. The smallest absolute Gasteiger partial charge is 0.381 e. The lowest BCUT2D eigenvalue weighted by atomic mass is 9.85. The second kappa shape index (κ2) is 14.5. The van der Waals surface area contributed by atoms with Gasteiger partial charge in [-0.2, -0.15) is 14.5 Å². The van der Waals surface area contributed by atoms with Crippen molar-refractivity contribution in [3.8, 4) is 17.2 Å². The van der Waals surface area contributed by atoms with E-state index in [2.05, 4.69) is 27.4 Å². The number of H-pyrrole nitrogens is 1. The van der Waals surface area contributed by atoms with Gasteiger partial charge in [0.15, 0.2) is 16.7 Å². The highest BCUT2D eigenvalue weighted by atomic mass is 32.2. The first-order valence-electron chi connectivity index (χ1n) is 22.4. The van der Waals surface area contributed by atoms with Crippen LogP contribution < -0.4 is 11.4 Å². The molecule has 2 bridgehead atoms. The van der Waals surface area contributed by atoms with Gasteiger partial charge in [0.2, 0.25) is 0 Å². The van der Waals surface area contributed by atoms with Crippen molar-refractivity contribution in [2.45, 2.75) is 94.3 Å². The number of halogens is 2. The summed E-state index contributed by atoms with van der Waals surface area (Å²) in [4.78, 5) is 30.1. The van der Waals surface area contributed by atoms with Crippen LogP contribution in [0.3, 0.4) is 0 Å². The summed E-state index contributed by atoms with van der Waals surface area (Å²) in [5.74, 6) is -1.06. The van der Waals surface area contributed by atoms with Crippen molar-refractivity contribution >= 4 is 31.8 Å². The fourth-order valence-electron chi connectivity index (χ4n) is 11.4. The van der Waals surface area contributed by atoms with Gasteiger partial charge in [0.25, 0.3) is 10.0 Å². The van der Waals surface area contributed by atoms with Gasteiger partial charge in [0, 0.05) is 56.1 Å². The van der Waals surface area contributed by atoms with Crippen molar-refractivity contribution in [2.75, 3.05) is 13.2 Å². The van der Waals surface area contributed by atoms with E-state index in [1.54, 1.807) is 58.8 Å². The Labute approximate surface area is 376 Å². The number of fused-ring (bicyclic) bond motifs is 6. The summed E-state index contributed by atoms with van der Waals surface area (Å²) in [5.41, 5.74) is 3.08. The molecule has 16 nitrogen and oxygen atoms in total. The molecule has 3 fully saturated rings. The number of imidazole rings is 1. The number of piperidine rings is 1. The van der Waals surface area contributed by atoms with E-state index in [0.29, 0.717) is 78.0 Å². The van der Waals surface area contributed by atoms with E-state index < -0.39 is 44.9 Å². The normalized spacial score (nSPS) is 22.4. The second-order valence-corrected chi connectivity index (χ2v) is 20.3. The third-order valence-corrected chi connectivity index (χ3v) is 16.7. The topological polar surface area (TPSA) is 173 Å². The zero-order valence-electron chi connectivity index (χ0n) is 36.7. The number of ether oxygens (including phenoxy) is 1. The molecule has 1 saturated carbocycles. The Morgan fingerprint density at radius 2 is 1.65 bits per heavy atom. The first-order valence-corrected chi connectivity index (χ1v) is 23.8. The first-order chi connectivity index (χ1) is 31.8. The highest BCUT2D eigenvalue weighted by Gasteiger charge is 2.60. The number of aryl methyl sites for hydroxylation is 3. The lowest BCUT2D eigenvalue weighted by Crippen LogP contribution is -2.50. The number of hydrogen-bond donors (Lipinski definition) is 1. The maximum Gasteiger partial charge on any atom is 0.438 e. The van der Waals surface area contributed by atoms with Gasteiger partial charge < -0.3 is 9.30 Å². The predicted molar refractivity (Wildman–Crippen MR) is 238 cm³/mol. The average Bonchev–Trinajstić information content (AvgIpc) is 3.93. The van der Waals surface area contributed by atoms with Crippen LogP contribution in [0.2, 0.25) is 0 Å². The Balaban J connectivity index is 1.06. The molecule has 0 amide bonds. The molecule has 0 unspecified atom stereocenters. The van der Waals surface area contributed by atoms with Crippen molar-refractivity contribution in [2.24, 2.45) is 13.0 Å². The van der Waals surface area contributed by atoms with E-state index in [4.69, 9.17) is 14.4 Å². The summed E-state index contributed by atoms with van der Waals surface area (Å²) >= 11 is 0. The fraction of sp³-hybridized carbons (Fsp3) is 0.383. The molecular formula is C47H46F2N10O6S. The fourth-order valence-corrected chi connectivity index (χ4v) is 13.5. The van der Waals surface area contributed by atoms with Gasteiger partial charge in [0.1, 0.15) is 17.2 Å². The molecule has 66 heavy (non-hydrogen) atoms. The molecule has 12 rings (SSSR count). The predicted octanol–water partition coefficient (Wildman–Crippen LogP) is 6.74. The van der Waals surface area contributed by atoms with Crippen molar-refractivity contribution in [3.05, 3.63) is 134 Å². The van der Waals surface area contributed by atoms with Gasteiger partial charge in [-0.1, -0.05) is 18.1 Å². The third kappa shape index (κ3) is 5.84. The molecule has 8 aromatic rings. The van der Waals surface area contributed by atoms with E-state index in [1.807, 2.05) is 17.6 Å². The molecule has 4 aliphatic rings. The van der Waals surface area contributed by atoms with Gasteiger partial charge in [-0.05, 0) is 123 Å². The van der Waals surface area contributed by atoms with Gasteiger partial charge in [-0.15, -0.1) is 0 Å². The van der Waals surface area contributed by atoms with E-state index in [9.17, 15) is 9.59 Å². The van der Waals surface area contributed by atoms with Crippen molar-refractivity contribution in [3.63, 3.8) is 0 Å². The van der Waals surface area contributed by atoms with E-state index in [0.717, 1.165) is 23.8 Å². The van der Waals surface area contributed by atoms with Crippen LogP contribution in [0, 0.1) is 31.4 Å². The largest absolute Gasteiger partial charge is 0.438 e. The van der Waals surface area contributed by atoms with Gasteiger partial charge in [-0.3, -0.25) is 23.3 Å². The van der Waals surface area contributed by atoms with Crippen LogP contribution in [0.4, 0.5) is 8.78 Å². The average molecular weight is 917 g/mol. The summed E-state index contributed by atoms with van der Waals surface area (Å²) in [5, 5.41) is 14.5. The number of aromatic amines is 1. The van der Waals surface area contributed by atoms with Crippen LogP contribution in [-0.2, 0) is 33.8 Å². The summed E-state index contributed by atoms with van der Waals surface area (Å²) in [6.07, 6.45) is 8.54. The minimum absolute atomic E-state index is 0.0130. The Bertz CT molecular complexity index is 3530. The molecular weight excluding hydrogens is 871 g/mol. The van der Waals surface area contributed by atoms with Crippen LogP contribution in [0.5, 0.6) is 0 Å². The first kappa shape index (κ1) is 41.0. The number of aromatic nitrogens is 9. The van der Waals surface area contributed by atoms with Gasteiger partial charge in [0.05, 0.1) is 45.7 Å². The maximum absolute atomic E-state index is 16.2. The Kier molecular flexibility index (Phi) is 9.03. The van der Waals surface area contributed by atoms with Crippen LogP contribution >= 0.6 is 0 Å². The molecule has 8 heterocycles. The molecule has 1 N–H and O–H groups in total. The number of rotatable bonds is 8. The number of hydrogen-bond acceptors (Lipinski definition) is 9. The van der Waals surface area contributed by atoms with E-state index in [-0.39, 0.29) is 51.8 Å². The SMILES string of the molecule is Cc1cc(-n2nc3c(c2-n2ccn(-c4ccc5c(cnn5C)c4F)c2=O)[C@@H]2CCC[C@H](C3)N2S(=O)(=O)c2cc3cc(C4CCOCC4)ccc3n2[C@@]2(c3noc(=O)[nH]3)C[C@@H]2C)cc(C)c1F. The molecule has 1 aliphatic carbocycles. The monoisotopic (exact) mass is 916 g/mol. The molecule has 2 saturated heterocycles. The summed E-state index contributed by atoms with van der Waals surface area (Å²) < 4.78 is 83.4. The number of nitrogens with zero attached hydrogens (tertiary/aromatic N) is 9. The second-order valence-electron chi connectivity index (χ2n) is 18.5. The molecule has 3 aromatic carbocycles. The zero-order chi connectivity index (χ0) is 45.6.